The van der Waals surface area contributed by atoms with Crippen molar-refractivity contribution in [2.24, 2.45) is 0 Å². The summed E-state index contributed by atoms with van der Waals surface area (Å²) in [6.07, 6.45) is 0. The zero-order valence-electron chi connectivity index (χ0n) is 12.0. The number of anilines is 1. The fourth-order valence-corrected chi connectivity index (χ4v) is 2.04. The van der Waals surface area contributed by atoms with Crippen molar-refractivity contribution < 1.29 is 14.5 Å². The van der Waals surface area contributed by atoms with E-state index in [1.807, 2.05) is 0 Å². The number of nitrogen functional groups attached to an aromatic ring is 1. The van der Waals surface area contributed by atoms with E-state index in [9.17, 15) is 14.9 Å². The summed E-state index contributed by atoms with van der Waals surface area (Å²) in [4.78, 5) is 22.9. The summed E-state index contributed by atoms with van der Waals surface area (Å²) in [6, 6.07) is 8.23. The summed E-state index contributed by atoms with van der Waals surface area (Å²) in [5.74, 6) is -0.672. The quantitative estimate of drug-likeness (QED) is 0.396. The van der Waals surface area contributed by atoms with Crippen molar-refractivity contribution in [1.82, 2.24) is 0 Å². The molecule has 0 unspecified atom stereocenters. The molecule has 0 atom stereocenters. The van der Waals surface area contributed by atoms with Crippen LogP contribution in [0.25, 0.3) is 10.8 Å². The minimum absolute atomic E-state index is 0.00956. The Labute approximate surface area is 121 Å². The lowest BCUT2D eigenvalue weighted by Crippen LogP contribution is -2.24. The van der Waals surface area contributed by atoms with Crippen LogP contribution in [0.5, 0.6) is 0 Å². The van der Waals surface area contributed by atoms with Gasteiger partial charge in [0.1, 0.15) is 11.3 Å². The Balaban J connectivity index is 2.68. The van der Waals surface area contributed by atoms with Crippen molar-refractivity contribution >= 4 is 28.1 Å². The number of carbonyl (C=O) groups excluding carboxylic acids is 1. The molecule has 6 heteroatoms. The normalized spacial score (nSPS) is 11.4. The molecule has 0 heterocycles. The van der Waals surface area contributed by atoms with Crippen molar-refractivity contribution in [3.8, 4) is 0 Å². The van der Waals surface area contributed by atoms with Gasteiger partial charge in [0.15, 0.2) is 0 Å². The summed E-state index contributed by atoms with van der Waals surface area (Å²) >= 11 is 0. The molecule has 0 fully saturated rings. The fraction of sp³-hybridized carbons (Fsp3) is 0.267. The van der Waals surface area contributed by atoms with Crippen molar-refractivity contribution in [1.29, 1.82) is 0 Å². The van der Waals surface area contributed by atoms with Crippen molar-refractivity contribution in [2.45, 2.75) is 26.4 Å². The second kappa shape index (κ2) is 5.05. The highest BCUT2D eigenvalue weighted by molar-refractivity contribution is 6.07. The molecule has 2 aromatic carbocycles. The lowest BCUT2D eigenvalue weighted by molar-refractivity contribution is -0.382. The molecule has 0 amide bonds. The number of nitro benzene ring substituents is 1. The maximum Gasteiger partial charge on any atom is 0.341 e. The predicted octanol–water partition coefficient (Wildman–Crippen LogP) is 3.29. The van der Waals surface area contributed by atoms with E-state index in [-0.39, 0.29) is 16.9 Å². The monoisotopic (exact) mass is 288 g/mol. The van der Waals surface area contributed by atoms with Gasteiger partial charge in [0.25, 0.3) is 0 Å². The third-order valence-corrected chi connectivity index (χ3v) is 2.86. The molecule has 0 spiro atoms. The lowest BCUT2D eigenvalue weighted by Gasteiger charge is -2.20. The zero-order valence-corrected chi connectivity index (χ0v) is 12.0. The summed E-state index contributed by atoms with van der Waals surface area (Å²) < 4.78 is 5.25. The number of nitrogens with two attached hydrogens (primary N) is 1. The van der Waals surface area contributed by atoms with E-state index in [1.54, 1.807) is 45.0 Å². The third-order valence-electron chi connectivity index (χ3n) is 2.86. The van der Waals surface area contributed by atoms with E-state index >= 15 is 0 Å². The summed E-state index contributed by atoms with van der Waals surface area (Å²) in [6.45, 7) is 5.16. The first kappa shape index (κ1) is 14.8. The minimum atomic E-state index is -0.704. The van der Waals surface area contributed by atoms with Gasteiger partial charge in [0.05, 0.1) is 15.9 Å². The van der Waals surface area contributed by atoms with E-state index in [4.69, 9.17) is 10.5 Å². The van der Waals surface area contributed by atoms with Crippen LogP contribution in [0.1, 0.15) is 31.1 Å². The second-order valence-corrected chi connectivity index (χ2v) is 5.67. The predicted molar refractivity (Wildman–Crippen MR) is 80.2 cm³/mol. The maximum atomic E-state index is 12.2. The molecule has 110 valence electrons. The van der Waals surface area contributed by atoms with Gasteiger partial charge in [-0.15, -0.1) is 0 Å². The number of ether oxygens (including phenoxy) is 1. The number of nitro groups is 1. The highest BCUT2D eigenvalue weighted by Crippen LogP contribution is 2.35. The molecule has 2 aromatic rings. The van der Waals surface area contributed by atoms with E-state index in [0.29, 0.717) is 10.8 Å². The molecule has 0 aliphatic carbocycles. The van der Waals surface area contributed by atoms with Crippen LogP contribution >= 0.6 is 0 Å². The van der Waals surface area contributed by atoms with Crippen LogP contribution in [0.3, 0.4) is 0 Å². The molecule has 0 saturated carbocycles. The van der Waals surface area contributed by atoms with Gasteiger partial charge in [0.2, 0.25) is 0 Å². The van der Waals surface area contributed by atoms with Crippen LogP contribution in [0.2, 0.25) is 0 Å². The number of esters is 1. The molecule has 0 aromatic heterocycles. The number of rotatable bonds is 2. The number of benzene rings is 2. The molecular weight excluding hydrogens is 272 g/mol. The molecule has 2 N–H and O–H groups in total. The van der Waals surface area contributed by atoms with Crippen molar-refractivity contribution in [3.63, 3.8) is 0 Å². The highest BCUT2D eigenvalue weighted by Gasteiger charge is 2.26. The number of hydrogen-bond donors (Lipinski definition) is 1. The first-order valence-electron chi connectivity index (χ1n) is 6.39. The Morgan fingerprint density at radius 3 is 2.48 bits per heavy atom. The lowest BCUT2D eigenvalue weighted by atomic mass is 10.0. The standard InChI is InChI=1S/C15H16N2O4/c1-15(2,3)21-14(18)11-8-9-6-4-5-7-10(9)13(12(11)16)17(19)20/h4-8H,16H2,1-3H3. The maximum absolute atomic E-state index is 12.2. The third kappa shape index (κ3) is 2.94. The summed E-state index contributed by atoms with van der Waals surface area (Å²) in [7, 11) is 0. The largest absolute Gasteiger partial charge is 0.456 e. The minimum Gasteiger partial charge on any atom is -0.456 e. The Morgan fingerprint density at radius 1 is 1.29 bits per heavy atom. The topological polar surface area (TPSA) is 95.5 Å². The zero-order chi connectivity index (χ0) is 15.8. The number of fused-ring (bicyclic) bond motifs is 1. The number of carbonyl (C=O) groups is 1. The van der Waals surface area contributed by atoms with Crippen LogP contribution in [0, 0.1) is 10.1 Å². The van der Waals surface area contributed by atoms with Crippen LogP contribution in [0.4, 0.5) is 11.4 Å². The van der Waals surface area contributed by atoms with Gasteiger partial charge in [-0.2, -0.15) is 0 Å². The molecule has 0 bridgehead atoms. The second-order valence-electron chi connectivity index (χ2n) is 5.67. The first-order chi connectivity index (χ1) is 9.70. The van der Waals surface area contributed by atoms with E-state index in [2.05, 4.69) is 0 Å². The SMILES string of the molecule is CC(C)(C)OC(=O)c1cc2ccccc2c([N+](=O)[O-])c1N. The molecule has 2 rings (SSSR count). The highest BCUT2D eigenvalue weighted by atomic mass is 16.6. The number of nitrogens with zero attached hydrogens (tertiary/aromatic N) is 1. The molecular formula is C15H16N2O4. The van der Waals surface area contributed by atoms with Gasteiger partial charge in [-0.3, -0.25) is 10.1 Å². The molecule has 0 aliphatic rings. The van der Waals surface area contributed by atoms with Crippen molar-refractivity contribution in [2.75, 3.05) is 5.73 Å². The van der Waals surface area contributed by atoms with Crippen LogP contribution in [0.15, 0.2) is 30.3 Å². The van der Waals surface area contributed by atoms with Gasteiger partial charge in [0, 0.05) is 0 Å². The van der Waals surface area contributed by atoms with Crippen LogP contribution < -0.4 is 5.73 Å². The first-order valence-corrected chi connectivity index (χ1v) is 6.39. The van der Waals surface area contributed by atoms with Gasteiger partial charge < -0.3 is 10.5 Å². The fourth-order valence-electron chi connectivity index (χ4n) is 2.04. The Bertz CT molecular complexity index is 732. The summed E-state index contributed by atoms with van der Waals surface area (Å²) in [5, 5.41) is 12.2. The van der Waals surface area contributed by atoms with E-state index in [0.717, 1.165) is 0 Å². The van der Waals surface area contributed by atoms with Crippen molar-refractivity contribution in [3.05, 3.63) is 46.0 Å². The smallest absolute Gasteiger partial charge is 0.341 e. The Hall–Kier alpha value is -2.63. The molecule has 0 radical (unpaired) electrons. The number of hydrogen-bond acceptors (Lipinski definition) is 5. The summed E-state index contributed by atoms with van der Waals surface area (Å²) in [5.41, 5.74) is 4.69. The van der Waals surface area contributed by atoms with Crippen LogP contribution in [-0.2, 0) is 4.74 Å². The Kier molecular flexibility index (Phi) is 3.55. The van der Waals surface area contributed by atoms with Gasteiger partial charge in [-0.05, 0) is 38.3 Å². The van der Waals surface area contributed by atoms with E-state index < -0.39 is 16.5 Å². The molecule has 21 heavy (non-hydrogen) atoms. The van der Waals surface area contributed by atoms with E-state index in [1.165, 1.54) is 6.07 Å². The average Bonchev–Trinajstić information content (AvgIpc) is 2.35. The molecule has 0 saturated heterocycles. The van der Waals surface area contributed by atoms with Gasteiger partial charge in [-0.25, -0.2) is 4.79 Å². The Morgan fingerprint density at radius 2 is 1.90 bits per heavy atom. The molecule has 6 nitrogen and oxygen atoms in total. The molecule has 0 aliphatic heterocycles. The van der Waals surface area contributed by atoms with Gasteiger partial charge in [-0.1, -0.05) is 18.2 Å². The van der Waals surface area contributed by atoms with Crippen LogP contribution in [-0.4, -0.2) is 16.5 Å². The average molecular weight is 288 g/mol. The van der Waals surface area contributed by atoms with Gasteiger partial charge >= 0.3 is 11.7 Å².